The third kappa shape index (κ3) is 4.83. The number of hydrogen-bond donors (Lipinski definition) is 0. The molecule has 0 N–H and O–H groups in total. The van der Waals surface area contributed by atoms with Crippen LogP contribution in [-0.4, -0.2) is 19.7 Å². The summed E-state index contributed by atoms with van der Waals surface area (Å²) in [6, 6.07) is 7.24. The van der Waals surface area contributed by atoms with E-state index in [1.165, 1.54) is 7.11 Å². The van der Waals surface area contributed by atoms with E-state index >= 15 is 0 Å². The van der Waals surface area contributed by atoms with Gasteiger partial charge >= 0.3 is 5.97 Å². The Balaban J connectivity index is 2.35. The van der Waals surface area contributed by atoms with Crippen LogP contribution in [0.5, 0.6) is 0 Å². The standard InChI is InChI=1S/C14H18O3/c1-3-4-5-10-17-11-12-6-8-13(9-7-12)14(15)16-2/h3,6-9H,1,4-5,10-11H2,2H3. The number of ether oxygens (including phenoxy) is 2. The largest absolute Gasteiger partial charge is 0.465 e. The van der Waals surface area contributed by atoms with Crippen LogP contribution < -0.4 is 0 Å². The van der Waals surface area contributed by atoms with E-state index in [0.717, 1.165) is 25.0 Å². The smallest absolute Gasteiger partial charge is 0.337 e. The summed E-state index contributed by atoms with van der Waals surface area (Å²) in [4.78, 5) is 11.2. The van der Waals surface area contributed by atoms with Crippen molar-refractivity contribution in [1.29, 1.82) is 0 Å². The van der Waals surface area contributed by atoms with Crippen LogP contribution in [0.2, 0.25) is 0 Å². The van der Waals surface area contributed by atoms with E-state index in [-0.39, 0.29) is 5.97 Å². The molecule has 3 heteroatoms. The molecule has 3 nitrogen and oxygen atoms in total. The van der Waals surface area contributed by atoms with Crippen LogP contribution in [0, 0.1) is 0 Å². The van der Waals surface area contributed by atoms with Gasteiger partial charge < -0.3 is 9.47 Å². The van der Waals surface area contributed by atoms with Crippen molar-refractivity contribution in [2.75, 3.05) is 13.7 Å². The van der Waals surface area contributed by atoms with Gasteiger partial charge in [-0.3, -0.25) is 0 Å². The Bertz CT molecular complexity index is 354. The van der Waals surface area contributed by atoms with Crippen molar-refractivity contribution in [1.82, 2.24) is 0 Å². The lowest BCUT2D eigenvalue weighted by molar-refractivity contribution is 0.0600. The SMILES string of the molecule is C=CCCCOCc1ccc(C(=O)OC)cc1. The first-order valence-electron chi connectivity index (χ1n) is 5.64. The average molecular weight is 234 g/mol. The summed E-state index contributed by atoms with van der Waals surface area (Å²) < 4.78 is 10.1. The predicted octanol–water partition coefficient (Wildman–Crippen LogP) is 2.96. The summed E-state index contributed by atoms with van der Waals surface area (Å²) in [6.45, 7) is 4.95. The van der Waals surface area contributed by atoms with Crippen LogP contribution in [0.3, 0.4) is 0 Å². The fourth-order valence-corrected chi connectivity index (χ4v) is 1.37. The van der Waals surface area contributed by atoms with Gasteiger partial charge in [-0.15, -0.1) is 6.58 Å². The molecule has 0 aliphatic heterocycles. The molecule has 0 unspecified atom stereocenters. The van der Waals surface area contributed by atoms with Gasteiger partial charge in [0, 0.05) is 6.61 Å². The number of hydrogen-bond acceptors (Lipinski definition) is 3. The molecule has 0 saturated carbocycles. The van der Waals surface area contributed by atoms with Gasteiger partial charge in [0.15, 0.2) is 0 Å². The van der Waals surface area contributed by atoms with Gasteiger partial charge in [-0.1, -0.05) is 18.2 Å². The van der Waals surface area contributed by atoms with Crippen molar-refractivity contribution < 1.29 is 14.3 Å². The van der Waals surface area contributed by atoms with Gasteiger partial charge in [-0.2, -0.15) is 0 Å². The number of rotatable bonds is 7. The third-order valence-electron chi connectivity index (χ3n) is 2.34. The van der Waals surface area contributed by atoms with Crippen molar-refractivity contribution in [3.8, 4) is 0 Å². The normalized spacial score (nSPS) is 9.94. The molecule has 17 heavy (non-hydrogen) atoms. The molecule has 0 heterocycles. The van der Waals surface area contributed by atoms with E-state index in [1.807, 2.05) is 18.2 Å². The van der Waals surface area contributed by atoms with Crippen molar-refractivity contribution >= 4 is 5.97 Å². The molecule has 0 fully saturated rings. The molecule has 0 saturated heterocycles. The van der Waals surface area contributed by atoms with Crippen LogP contribution in [0.15, 0.2) is 36.9 Å². The number of allylic oxidation sites excluding steroid dienone is 1. The van der Waals surface area contributed by atoms with Crippen molar-refractivity contribution in [3.05, 3.63) is 48.0 Å². The number of unbranched alkanes of at least 4 members (excludes halogenated alkanes) is 1. The fraction of sp³-hybridized carbons (Fsp3) is 0.357. The second-order valence-electron chi connectivity index (χ2n) is 3.67. The highest BCUT2D eigenvalue weighted by Gasteiger charge is 2.03. The zero-order valence-electron chi connectivity index (χ0n) is 10.1. The maximum atomic E-state index is 11.2. The number of esters is 1. The topological polar surface area (TPSA) is 35.5 Å². The first-order valence-corrected chi connectivity index (χ1v) is 5.64. The second-order valence-corrected chi connectivity index (χ2v) is 3.67. The molecule has 0 atom stereocenters. The quantitative estimate of drug-likeness (QED) is 0.413. The van der Waals surface area contributed by atoms with Crippen LogP contribution in [0.1, 0.15) is 28.8 Å². The lowest BCUT2D eigenvalue weighted by Crippen LogP contribution is -2.01. The monoisotopic (exact) mass is 234 g/mol. The summed E-state index contributed by atoms with van der Waals surface area (Å²) in [5.74, 6) is -0.316. The summed E-state index contributed by atoms with van der Waals surface area (Å²) in [7, 11) is 1.37. The van der Waals surface area contributed by atoms with E-state index in [2.05, 4.69) is 11.3 Å². The van der Waals surface area contributed by atoms with Gasteiger partial charge in [0.25, 0.3) is 0 Å². The van der Waals surface area contributed by atoms with Crippen LogP contribution in [-0.2, 0) is 16.1 Å². The molecule has 0 spiro atoms. The summed E-state index contributed by atoms with van der Waals surface area (Å²) in [5.41, 5.74) is 1.61. The highest BCUT2D eigenvalue weighted by atomic mass is 16.5. The maximum Gasteiger partial charge on any atom is 0.337 e. The molecular weight excluding hydrogens is 216 g/mol. The average Bonchev–Trinajstić information content (AvgIpc) is 2.38. The number of carbonyl (C=O) groups excluding carboxylic acids is 1. The lowest BCUT2D eigenvalue weighted by atomic mass is 10.1. The molecule has 1 aromatic carbocycles. The summed E-state index contributed by atoms with van der Waals surface area (Å²) in [5, 5.41) is 0. The van der Waals surface area contributed by atoms with E-state index in [1.54, 1.807) is 12.1 Å². The minimum Gasteiger partial charge on any atom is -0.465 e. The molecule has 92 valence electrons. The Morgan fingerprint density at radius 2 is 2.06 bits per heavy atom. The number of carbonyl (C=O) groups is 1. The predicted molar refractivity (Wildman–Crippen MR) is 66.9 cm³/mol. The molecule has 0 aliphatic carbocycles. The van der Waals surface area contributed by atoms with Crippen molar-refractivity contribution in [2.24, 2.45) is 0 Å². The summed E-state index contributed by atoms with van der Waals surface area (Å²) >= 11 is 0. The number of methoxy groups -OCH3 is 1. The Morgan fingerprint density at radius 1 is 1.35 bits per heavy atom. The van der Waals surface area contributed by atoms with E-state index in [0.29, 0.717) is 12.2 Å². The molecule has 0 aromatic heterocycles. The van der Waals surface area contributed by atoms with E-state index in [9.17, 15) is 4.79 Å². The Morgan fingerprint density at radius 3 is 2.65 bits per heavy atom. The lowest BCUT2D eigenvalue weighted by Gasteiger charge is -2.04. The van der Waals surface area contributed by atoms with E-state index in [4.69, 9.17) is 4.74 Å². The molecule has 0 radical (unpaired) electrons. The highest BCUT2D eigenvalue weighted by molar-refractivity contribution is 5.89. The van der Waals surface area contributed by atoms with Crippen molar-refractivity contribution in [3.63, 3.8) is 0 Å². The zero-order valence-corrected chi connectivity index (χ0v) is 10.1. The fourth-order valence-electron chi connectivity index (χ4n) is 1.37. The first kappa shape index (κ1) is 13.5. The van der Waals surface area contributed by atoms with Gasteiger partial charge in [-0.25, -0.2) is 4.79 Å². The number of benzene rings is 1. The van der Waals surface area contributed by atoms with Crippen LogP contribution >= 0.6 is 0 Å². The first-order chi connectivity index (χ1) is 8.27. The highest BCUT2D eigenvalue weighted by Crippen LogP contribution is 2.07. The minimum atomic E-state index is -0.316. The second kappa shape index (κ2) is 7.63. The molecular formula is C14H18O3. The molecule has 0 amide bonds. The van der Waals surface area contributed by atoms with Gasteiger partial charge in [0.2, 0.25) is 0 Å². The summed E-state index contributed by atoms with van der Waals surface area (Å²) in [6.07, 6.45) is 3.85. The molecule has 1 rings (SSSR count). The maximum absolute atomic E-state index is 11.2. The van der Waals surface area contributed by atoms with Gasteiger partial charge in [0.1, 0.15) is 0 Å². The Labute approximate surface area is 102 Å². The van der Waals surface area contributed by atoms with Crippen LogP contribution in [0.4, 0.5) is 0 Å². The molecule has 0 aliphatic rings. The van der Waals surface area contributed by atoms with Crippen molar-refractivity contribution in [2.45, 2.75) is 19.4 Å². The Kier molecular flexibility index (Phi) is 6.04. The van der Waals surface area contributed by atoms with E-state index < -0.39 is 0 Å². The minimum absolute atomic E-state index is 0.316. The molecule has 1 aromatic rings. The Hall–Kier alpha value is -1.61. The van der Waals surface area contributed by atoms with Gasteiger partial charge in [-0.05, 0) is 30.5 Å². The van der Waals surface area contributed by atoms with Gasteiger partial charge in [0.05, 0.1) is 19.3 Å². The zero-order chi connectivity index (χ0) is 12.5. The molecule has 0 bridgehead atoms. The third-order valence-corrected chi connectivity index (χ3v) is 2.34. The van der Waals surface area contributed by atoms with Crippen LogP contribution in [0.25, 0.3) is 0 Å².